The van der Waals surface area contributed by atoms with Crippen LogP contribution in [0.4, 0.5) is 0 Å². The Balaban J connectivity index is 3.08. The van der Waals surface area contributed by atoms with Crippen molar-refractivity contribution in [2.75, 3.05) is 0 Å². The molecule has 0 saturated carbocycles. The molecule has 1 unspecified atom stereocenters. The Morgan fingerprint density at radius 3 is 2.60 bits per heavy atom. The Morgan fingerprint density at radius 2 is 2.07 bits per heavy atom. The van der Waals surface area contributed by atoms with Crippen molar-refractivity contribution in [1.82, 2.24) is 9.55 Å². The normalized spacial score (nSPS) is 12.7. The summed E-state index contributed by atoms with van der Waals surface area (Å²) in [4.78, 5) is 25.1. The lowest BCUT2D eigenvalue weighted by Crippen LogP contribution is -2.32. The lowest BCUT2D eigenvalue weighted by atomic mass is 10.1. The Morgan fingerprint density at radius 1 is 1.40 bits per heavy atom. The smallest absolute Gasteiger partial charge is 0.300 e. The molecule has 1 aromatic rings. The molecule has 1 rings (SSSR count). The van der Waals surface area contributed by atoms with Gasteiger partial charge in [0, 0.05) is 18.3 Å². The van der Waals surface area contributed by atoms with Crippen molar-refractivity contribution >= 4 is 0 Å². The number of aromatic amines is 1. The zero-order valence-electron chi connectivity index (χ0n) is 9.54. The Kier molecular flexibility index (Phi) is 3.88. The van der Waals surface area contributed by atoms with Crippen molar-refractivity contribution in [2.45, 2.75) is 40.2 Å². The molecule has 0 bridgehead atoms. The number of hydrogen-bond donors (Lipinski definition) is 1. The molecule has 1 heterocycles. The van der Waals surface area contributed by atoms with Crippen LogP contribution in [-0.4, -0.2) is 9.55 Å². The number of aryl methyl sites for hydroxylation is 1. The van der Waals surface area contributed by atoms with Gasteiger partial charge in [-0.25, -0.2) is 4.79 Å². The van der Waals surface area contributed by atoms with Crippen molar-refractivity contribution in [3.63, 3.8) is 0 Å². The van der Waals surface area contributed by atoms with E-state index in [4.69, 9.17) is 0 Å². The molecule has 1 atom stereocenters. The second-order valence-electron chi connectivity index (χ2n) is 3.93. The highest BCUT2D eigenvalue weighted by molar-refractivity contribution is 5.03. The third-order valence-corrected chi connectivity index (χ3v) is 2.67. The van der Waals surface area contributed by atoms with Crippen LogP contribution in [0, 0.1) is 5.92 Å². The fourth-order valence-electron chi connectivity index (χ4n) is 1.41. The summed E-state index contributed by atoms with van der Waals surface area (Å²) in [5.41, 5.74) is 0.0957. The van der Waals surface area contributed by atoms with Crippen LogP contribution in [0.2, 0.25) is 0 Å². The van der Waals surface area contributed by atoms with Crippen LogP contribution in [0.5, 0.6) is 0 Å². The minimum atomic E-state index is -0.308. The standard InChI is InChI=1S/C11H18N2O2/c1-4-8(3)6-13-7-9(5-2)10(14)12-11(13)15/h7-8H,4-6H2,1-3H3,(H,12,14,15). The van der Waals surface area contributed by atoms with Gasteiger partial charge in [0.2, 0.25) is 0 Å². The van der Waals surface area contributed by atoms with Crippen molar-refractivity contribution in [3.8, 4) is 0 Å². The number of nitrogens with one attached hydrogen (secondary N) is 1. The summed E-state index contributed by atoms with van der Waals surface area (Å²) in [6.45, 7) is 6.74. The maximum atomic E-state index is 11.5. The molecule has 4 heteroatoms. The third kappa shape index (κ3) is 2.81. The van der Waals surface area contributed by atoms with Crippen LogP contribution in [0.15, 0.2) is 15.8 Å². The number of hydrogen-bond acceptors (Lipinski definition) is 2. The van der Waals surface area contributed by atoms with Crippen molar-refractivity contribution in [3.05, 3.63) is 32.6 Å². The molecule has 0 amide bonds. The topological polar surface area (TPSA) is 54.9 Å². The molecule has 4 nitrogen and oxygen atoms in total. The maximum absolute atomic E-state index is 11.5. The largest absolute Gasteiger partial charge is 0.328 e. The van der Waals surface area contributed by atoms with Crippen LogP contribution in [-0.2, 0) is 13.0 Å². The van der Waals surface area contributed by atoms with Gasteiger partial charge in [0.1, 0.15) is 0 Å². The minimum Gasteiger partial charge on any atom is -0.300 e. The van der Waals surface area contributed by atoms with Gasteiger partial charge in [0.05, 0.1) is 0 Å². The number of H-pyrrole nitrogens is 1. The van der Waals surface area contributed by atoms with Gasteiger partial charge >= 0.3 is 5.69 Å². The molecule has 0 aliphatic carbocycles. The minimum absolute atomic E-state index is 0.261. The van der Waals surface area contributed by atoms with E-state index < -0.39 is 0 Å². The van der Waals surface area contributed by atoms with Crippen molar-refractivity contribution in [2.24, 2.45) is 5.92 Å². The van der Waals surface area contributed by atoms with E-state index in [-0.39, 0.29) is 11.2 Å². The number of nitrogens with zero attached hydrogens (tertiary/aromatic N) is 1. The first-order valence-corrected chi connectivity index (χ1v) is 5.41. The molecule has 1 N–H and O–H groups in total. The molecule has 0 aliphatic rings. The van der Waals surface area contributed by atoms with E-state index in [1.54, 1.807) is 10.8 Å². The zero-order chi connectivity index (χ0) is 11.4. The molecule has 15 heavy (non-hydrogen) atoms. The summed E-state index contributed by atoms with van der Waals surface area (Å²) < 4.78 is 1.59. The van der Waals surface area contributed by atoms with Crippen LogP contribution in [0.3, 0.4) is 0 Å². The molecule has 0 aromatic carbocycles. The van der Waals surface area contributed by atoms with Gasteiger partial charge in [0.25, 0.3) is 5.56 Å². The molecule has 0 fully saturated rings. The fourth-order valence-corrected chi connectivity index (χ4v) is 1.41. The van der Waals surface area contributed by atoms with E-state index in [9.17, 15) is 9.59 Å². The maximum Gasteiger partial charge on any atom is 0.328 e. The highest BCUT2D eigenvalue weighted by Gasteiger charge is 2.05. The van der Waals surface area contributed by atoms with E-state index in [1.807, 2.05) is 6.92 Å². The van der Waals surface area contributed by atoms with Gasteiger partial charge < -0.3 is 4.57 Å². The van der Waals surface area contributed by atoms with E-state index in [2.05, 4.69) is 18.8 Å². The molecule has 0 saturated heterocycles. The van der Waals surface area contributed by atoms with Crippen LogP contribution < -0.4 is 11.2 Å². The summed E-state index contributed by atoms with van der Waals surface area (Å²) in [6.07, 6.45) is 3.34. The zero-order valence-corrected chi connectivity index (χ0v) is 9.54. The highest BCUT2D eigenvalue weighted by atomic mass is 16.2. The second-order valence-corrected chi connectivity index (χ2v) is 3.93. The lowest BCUT2D eigenvalue weighted by Gasteiger charge is -2.11. The van der Waals surface area contributed by atoms with Gasteiger partial charge in [-0.2, -0.15) is 0 Å². The Bertz CT molecular complexity index is 431. The van der Waals surface area contributed by atoms with Gasteiger partial charge in [-0.3, -0.25) is 9.78 Å². The summed E-state index contributed by atoms with van der Waals surface area (Å²) in [7, 11) is 0. The predicted octanol–water partition coefficient (Wildman–Crippen LogP) is 1.15. The molecule has 0 radical (unpaired) electrons. The van der Waals surface area contributed by atoms with Crippen molar-refractivity contribution in [1.29, 1.82) is 0 Å². The molecular weight excluding hydrogens is 192 g/mol. The number of aromatic nitrogens is 2. The van der Waals surface area contributed by atoms with E-state index in [0.29, 0.717) is 24.4 Å². The average Bonchev–Trinajstić information content (AvgIpc) is 2.21. The van der Waals surface area contributed by atoms with Crippen molar-refractivity contribution < 1.29 is 0 Å². The third-order valence-electron chi connectivity index (χ3n) is 2.67. The van der Waals surface area contributed by atoms with Crippen LogP contribution in [0.1, 0.15) is 32.8 Å². The van der Waals surface area contributed by atoms with Gasteiger partial charge in [0.15, 0.2) is 0 Å². The van der Waals surface area contributed by atoms with E-state index in [1.165, 1.54) is 0 Å². The Labute approximate surface area is 89.0 Å². The SMILES string of the molecule is CCc1cn(CC(C)CC)c(=O)[nH]c1=O. The monoisotopic (exact) mass is 210 g/mol. The first-order chi connectivity index (χ1) is 7.08. The molecule has 0 spiro atoms. The quantitative estimate of drug-likeness (QED) is 0.810. The van der Waals surface area contributed by atoms with E-state index >= 15 is 0 Å². The summed E-state index contributed by atoms with van der Waals surface area (Å²) in [6, 6.07) is 0. The molecule has 0 aliphatic heterocycles. The first kappa shape index (κ1) is 11.8. The van der Waals surface area contributed by atoms with Crippen LogP contribution in [0.25, 0.3) is 0 Å². The summed E-state index contributed by atoms with van der Waals surface area (Å²) >= 11 is 0. The second kappa shape index (κ2) is 4.96. The van der Waals surface area contributed by atoms with E-state index in [0.717, 1.165) is 6.42 Å². The lowest BCUT2D eigenvalue weighted by molar-refractivity contribution is 0.452. The van der Waals surface area contributed by atoms with Gasteiger partial charge in [-0.15, -0.1) is 0 Å². The molecule has 1 aromatic heterocycles. The first-order valence-electron chi connectivity index (χ1n) is 5.41. The Hall–Kier alpha value is -1.32. The van der Waals surface area contributed by atoms with Crippen LogP contribution >= 0.6 is 0 Å². The predicted molar refractivity (Wildman–Crippen MR) is 60.2 cm³/mol. The fraction of sp³-hybridized carbons (Fsp3) is 0.636. The molecular formula is C11H18N2O2. The summed E-state index contributed by atoms with van der Waals surface area (Å²) in [5, 5.41) is 0. The van der Waals surface area contributed by atoms with Gasteiger partial charge in [-0.05, 0) is 12.3 Å². The highest BCUT2D eigenvalue weighted by Crippen LogP contribution is 2.02. The number of rotatable bonds is 4. The summed E-state index contributed by atoms with van der Waals surface area (Å²) in [5.74, 6) is 0.443. The molecule has 84 valence electrons. The van der Waals surface area contributed by atoms with Gasteiger partial charge in [-0.1, -0.05) is 27.2 Å². The average molecular weight is 210 g/mol.